The van der Waals surface area contributed by atoms with Gasteiger partial charge >= 0.3 is 5.97 Å². The molecule has 3 nitrogen and oxygen atoms in total. The number of carbonyl (C=O) groups excluding carboxylic acids is 1. The minimum absolute atomic E-state index is 0.197. The zero-order chi connectivity index (χ0) is 16.2. The Kier molecular flexibility index (Phi) is 5.41. The van der Waals surface area contributed by atoms with Crippen LogP contribution in [0.1, 0.15) is 52.5 Å². The monoisotopic (exact) mass is 302 g/mol. The van der Waals surface area contributed by atoms with Crippen LogP contribution in [0.3, 0.4) is 0 Å². The Morgan fingerprint density at radius 3 is 2.36 bits per heavy atom. The molecule has 0 aliphatic carbocycles. The standard InChI is InChI=1S/C19H26O3/c1-5-19(6-2)14(4)18(15-11-9-8-10-12-15)16(22-19)13-17(20)21-7-3/h8-12,16H,5-7,13H2,1-4H3. The number of benzene rings is 1. The lowest BCUT2D eigenvalue weighted by Crippen LogP contribution is -2.31. The van der Waals surface area contributed by atoms with E-state index in [9.17, 15) is 4.79 Å². The zero-order valence-corrected chi connectivity index (χ0v) is 14.0. The second-order valence-corrected chi connectivity index (χ2v) is 5.72. The molecule has 1 aromatic rings. The van der Waals surface area contributed by atoms with Crippen molar-refractivity contribution < 1.29 is 14.3 Å². The van der Waals surface area contributed by atoms with Gasteiger partial charge in [0.05, 0.1) is 24.7 Å². The van der Waals surface area contributed by atoms with Gasteiger partial charge in [-0.25, -0.2) is 0 Å². The Hall–Kier alpha value is -1.61. The number of hydrogen-bond donors (Lipinski definition) is 0. The van der Waals surface area contributed by atoms with Crippen LogP contribution in [0.5, 0.6) is 0 Å². The molecule has 1 aliphatic rings. The summed E-state index contributed by atoms with van der Waals surface area (Å²) in [7, 11) is 0. The third kappa shape index (κ3) is 3.09. The van der Waals surface area contributed by atoms with Gasteiger partial charge in [-0.1, -0.05) is 44.2 Å². The molecule has 0 N–H and O–H groups in total. The fourth-order valence-electron chi connectivity index (χ4n) is 3.39. The topological polar surface area (TPSA) is 35.5 Å². The van der Waals surface area contributed by atoms with Crippen LogP contribution in [0, 0.1) is 0 Å². The Labute approximate surface area is 133 Å². The van der Waals surface area contributed by atoms with E-state index in [1.807, 2.05) is 25.1 Å². The van der Waals surface area contributed by atoms with Crippen LogP contribution in [0.25, 0.3) is 5.57 Å². The molecule has 0 saturated carbocycles. The molecule has 0 spiro atoms. The van der Waals surface area contributed by atoms with E-state index in [1.165, 1.54) is 5.57 Å². The maximum Gasteiger partial charge on any atom is 0.308 e. The number of ether oxygens (including phenoxy) is 2. The first-order valence-corrected chi connectivity index (χ1v) is 8.18. The van der Waals surface area contributed by atoms with Gasteiger partial charge in [0.25, 0.3) is 0 Å². The van der Waals surface area contributed by atoms with Crippen LogP contribution in [0.15, 0.2) is 35.9 Å². The molecule has 1 atom stereocenters. The molecule has 3 heteroatoms. The highest BCUT2D eigenvalue weighted by Crippen LogP contribution is 2.45. The van der Waals surface area contributed by atoms with E-state index in [0.29, 0.717) is 6.61 Å². The Morgan fingerprint density at radius 2 is 1.82 bits per heavy atom. The van der Waals surface area contributed by atoms with Crippen LogP contribution in [0.2, 0.25) is 0 Å². The summed E-state index contributed by atoms with van der Waals surface area (Å²) in [6, 6.07) is 10.2. The third-order valence-electron chi connectivity index (χ3n) is 4.66. The normalized spacial score (nSPS) is 20.3. The van der Waals surface area contributed by atoms with Crippen molar-refractivity contribution in [1.29, 1.82) is 0 Å². The summed E-state index contributed by atoms with van der Waals surface area (Å²) in [6.07, 6.45) is 1.87. The Morgan fingerprint density at radius 1 is 1.18 bits per heavy atom. The number of esters is 1. The van der Waals surface area contributed by atoms with Crippen LogP contribution >= 0.6 is 0 Å². The second-order valence-electron chi connectivity index (χ2n) is 5.72. The van der Waals surface area contributed by atoms with Gasteiger partial charge in [-0.3, -0.25) is 4.79 Å². The average molecular weight is 302 g/mol. The highest BCUT2D eigenvalue weighted by molar-refractivity contribution is 5.80. The molecule has 0 saturated heterocycles. The van der Waals surface area contributed by atoms with Crippen molar-refractivity contribution in [1.82, 2.24) is 0 Å². The third-order valence-corrected chi connectivity index (χ3v) is 4.66. The predicted molar refractivity (Wildman–Crippen MR) is 88.5 cm³/mol. The maximum absolute atomic E-state index is 11.9. The van der Waals surface area contributed by atoms with E-state index >= 15 is 0 Å². The molecule has 120 valence electrons. The predicted octanol–water partition coefficient (Wildman–Crippen LogP) is 4.37. The van der Waals surface area contributed by atoms with Gasteiger partial charge in [-0.05, 0) is 43.4 Å². The molecular formula is C19H26O3. The summed E-state index contributed by atoms with van der Waals surface area (Å²) in [5.74, 6) is -0.197. The summed E-state index contributed by atoms with van der Waals surface area (Å²) < 4.78 is 11.5. The molecule has 1 aromatic carbocycles. The van der Waals surface area contributed by atoms with E-state index in [1.54, 1.807) is 0 Å². The van der Waals surface area contributed by atoms with Gasteiger partial charge in [0.2, 0.25) is 0 Å². The first-order valence-electron chi connectivity index (χ1n) is 8.18. The van der Waals surface area contributed by atoms with E-state index in [4.69, 9.17) is 9.47 Å². The van der Waals surface area contributed by atoms with Crippen molar-refractivity contribution in [3.63, 3.8) is 0 Å². The molecule has 1 unspecified atom stereocenters. The molecule has 22 heavy (non-hydrogen) atoms. The lowest BCUT2D eigenvalue weighted by Gasteiger charge is -2.29. The van der Waals surface area contributed by atoms with E-state index < -0.39 is 0 Å². The van der Waals surface area contributed by atoms with Crippen molar-refractivity contribution in [2.75, 3.05) is 6.61 Å². The van der Waals surface area contributed by atoms with E-state index in [-0.39, 0.29) is 24.1 Å². The van der Waals surface area contributed by atoms with Crippen LogP contribution in [-0.4, -0.2) is 24.3 Å². The van der Waals surface area contributed by atoms with Gasteiger partial charge < -0.3 is 9.47 Å². The molecule has 0 bridgehead atoms. The fourth-order valence-corrected chi connectivity index (χ4v) is 3.39. The summed E-state index contributed by atoms with van der Waals surface area (Å²) in [4.78, 5) is 11.9. The first-order chi connectivity index (χ1) is 10.6. The van der Waals surface area contributed by atoms with E-state index in [0.717, 1.165) is 24.0 Å². The van der Waals surface area contributed by atoms with Crippen molar-refractivity contribution in [3.05, 3.63) is 41.5 Å². The minimum Gasteiger partial charge on any atom is -0.466 e. The number of carbonyl (C=O) groups is 1. The summed E-state index contributed by atoms with van der Waals surface area (Å²) >= 11 is 0. The molecule has 0 amide bonds. The van der Waals surface area contributed by atoms with Crippen molar-refractivity contribution in [3.8, 4) is 0 Å². The summed E-state index contributed by atoms with van der Waals surface area (Å²) in [5.41, 5.74) is 3.27. The van der Waals surface area contributed by atoms with Gasteiger partial charge in [-0.2, -0.15) is 0 Å². The molecule has 0 radical (unpaired) electrons. The van der Waals surface area contributed by atoms with Gasteiger partial charge in [0.15, 0.2) is 0 Å². The van der Waals surface area contributed by atoms with Gasteiger partial charge in [0.1, 0.15) is 0 Å². The lowest BCUT2D eigenvalue weighted by atomic mass is 9.85. The highest BCUT2D eigenvalue weighted by atomic mass is 16.5. The Bertz CT molecular complexity index is 541. The number of hydrogen-bond acceptors (Lipinski definition) is 3. The SMILES string of the molecule is CCOC(=O)CC1OC(CC)(CC)C(C)=C1c1ccccc1. The summed E-state index contributed by atoms with van der Waals surface area (Å²) in [5, 5.41) is 0. The van der Waals surface area contributed by atoms with Crippen molar-refractivity contribution in [2.45, 2.75) is 58.7 Å². The van der Waals surface area contributed by atoms with Gasteiger partial charge in [0, 0.05) is 0 Å². The minimum atomic E-state index is -0.262. The first kappa shape index (κ1) is 16.8. The van der Waals surface area contributed by atoms with Crippen molar-refractivity contribution in [2.24, 2.45) is 0 Å². The van der Waals surface area contributed by atoms with Crippen LogP contribution in [0.4, 0.5) is 0 Å². The lowest BCUT2D eigenvalue weighted by molar-refractivity contribution is -0.146. The maximum atomic E-state index is 11.9. The van der Waals surface area contributed by atoms with Crippen LogP contribution < -0.4 is 0 Å². The molecule has 0 aromatic heterocycles. The van der Waals surface area contributed by atoms with Gasteiger partial charge in [-0.15, -0.1) is 0 Å². The molecule has 2 rings (SSSR count). The molecular weight excluding hydrogens is 276 g/mol. The highest BCUT2D eigenvalue weighted by Gasteiger charge is 2.43. The fraction of sp³-hybridized carbons (Fsp3) is 0.526. The second kappa shape index (κ2) is 7.10. The zero-order valence-electron chi connectivity index (χ0n) is 14.0. The average Bonchev–Trinajstić information content (AvgIpc) is 2.80. The quantitative estimate of drug-likeness (QED) is 0.732. The Balaban J connectivity index is 2.39. The summed E-state index contributed by atoms with van der Waals surface area (Å²) in [6.45, 7) is 8.65. The largest absolute Gasteiger partial charge is 0.466 e. The molecule has 1 aliphatic heterocycles. The molecule has 1 heterocycles. The van der Waals surface area contributed by atoms with E-state index in [2.05, 4.69) is 32.9 Å². The number of rotatable bonds is 6. The van der Waals surface area contributed by atoms with Crippen LogP contribution in [-0.2, 0) is 14.3 Å². The molecule has 0 fully saturated rings. The smallest absolute Gasteiger partial charge is 0.308 e. The van der Waals surface area contributed by atoms with Crippen molar-refractivity contribution >= 4 is 11.5 Å².